The highest BCUT2D eigenvalue weighted by atomic mass is 16.5. The topological polar surface area (TPSA) is 58.4 Å². The van der Waals surface area contributed by atoms with E-state index in [1.807, 2.05) is 20.8 Å². The van der Waals surface area contributed by atoms with Crippen molar-refractivity contribution in [1.29, 1.82) is 0 Å². The Morgan fingerprint density at radius 2 is 1.93 bits per heavy atom. The van der Waals surface area contributed by atoms with Crippen LogP contribution in [-0.2, 0) is 13.0 Å². The summed E-state index contributed by atoms with van der Waals surface area (Å²) in [4.78, 5) is 15.3. The third-order valence-corrected chi connectivity index (χ3v) is 5.51. The van der Waals surface area contributed by atoms with E-state index >= 15 is 0 Å². The summed E-state index contributed by atoms with van der Waals surface area (Å²) in [5, 5.41) is 7.13. The van der Waals surface area contributed by atoms with Crippen LogP contribution in [0.5, 0.6) is 0 Å². The van der Waals surface area contributed by atoms with Crippen molar-refractivity contribution in [2.75, 3.05) is 13.1 Å². The molecule has 1 atom stereocenters. The Kier molecular flexibility index (Phi) is 6.00. The molecular formula is C22H31N3O2. The fourth-order valence-corrected chi connectivity index (χ4v) is 3.93. The van der Waals surface area contributed by atoms with E-state index in [9.17, 15) is 4.79 Å². The summed E-state index contributed by atoms with van der Waals surface area (Å²) < 4.78 is 5.37. The number of hydrogen-bond donors (Lipinski definition) is 1. The minimum absolute atomic E-state index is 0.0829. The minimum Gasteiger partial charge on any atom is -0.360 e. The van der Waals surface area contributed by atoms with Crippen LogP contribution in [0.25, 0.3) is 0 Å². The molecule has 2 aromatic rings. The first kappa shape index (κ1) is 19.6. The van der Waals surface area contributed by atoms with E-state index in [0.717, 1.165) is 19.5 Å². The first-order valence-corrected chi connectivity index (χ1v) is 9.93. The average molecular weight is 370 g/mol. The van der Waals surface area contributed by atoms with Gasteiger partial charge in [0.2, 0.25) is 0 Å². The molecule has 1 amide bonds. The SMILES string of the molecule is Cc1noc(C(C)C)c1C(=O)NC[C@H](C(C)C)N1CCc2ccccc2C1. The molecule has 0 aliphatic carbocycles. The van der Waals surface area contributed by atoms with Crippen molar-refractivity contribution >= 4 is 5.91 Å². The van der Waals surface area contributed by atoms with Gasteiger partial charge in [-0.25, -0.2) is 0 Å². The lowest BCUT2D eigenvalue weighted by atomic mass is 9.95. The normalized spacial score (nSPS) is 15.8. The number of benzene rings is 1. The molecule has 1 aliphatic rings. The van der Waals surface area contributed by atoms with Crippen LogP contribution in [0.15, 0.2) is 28.8 Å². The highest BCUT2D eigenvalue weighted by Crippen LogP contribution is 2.24. The first-order valence-electron chi connectivity index (χ1n) is 9.93. The van der Waals surface area contributed by atoms with Crippen molar-refractivity contribution in [2.45, 2.75) is 59.5 Å². The van der Waals surface area contributed by atoms with Crippen molar-refractivity contribution in [3.63, 3.8) is 0 Å². The van der Waals surface area contributed by atoms with Crippen LogP contribution in [-0.4, -0.2) is 35.1 Å². The van der Waals surface area contributed by atoms with Gasteiger partial charge >= 0.3 is 0 Å². The van der Waals surface area contributed by atoms with Crippen molar-refractivity contribution in [3.8, 4) is 0 Å². The van der Waals surface area contributed by atoms with Gasteiger partial charge in [0, 0.05) is 31.6 Å². The van der Waals surface area contributed by atoms with Gasteiger partial charge in [-0.15, -0.1) is 0 Å². The van der Waals surface area contributed by atoms with Gasteiger partial charge in [0.1, 0.15) is 5.56 Å². The molecule has 5 nitrogen and oxygen atoms in total. The molecule has 0 saturated heterocycles. The lowest BCUT2D eigenvalue weighted by molar-refractivity contribution is 0.0901. The predicted octanol–water partition coefficient (Wildman–Crippen LogP) is 3.92. The standard InChI is InChI=1S/C22H31N3O2/c1-14(2)19(25-11-10-17-8-6-7-9-18(17)13-25)12-23-22(26)20-16(5)24-27-21(20)15(3)4/h6-9,14-15,19H,10-13H2,1-5H3,(H,23,26)/t19-/m1/s1. The zero-order valence-corrected chi connectivity index (χ0v) is 17.1. The van der Waals surface area contributed by atoms with Gasteiger partial charge in [0.15, 0.2) is 5.76 Å². The third kappa shape index (κ3) is 4.24. The van der Waals surface area contributed by atoms with Gasteiger partial charge in [-0.05, 0) is 30.4 Å². The number of rotatable bonds is 6. The molecule has 1 aromatic heterocycles. The molecule has 2 heterocycles. The number of carbonyl (C=O) groups excluding carboxylic acids is 1. The average Bonchev–Trinajstić information content (AvgIpc) is 3.03. The van der Waals surface area contributed by atoms with E-state index in [-0.39, 0.29) is 11.8 Å². The summed E-state index contributed by atoms with van der Waals surface area (Å²) in [6.45, 7) is 12.9. The Bertz CT molecular complexity index is 795. The molecule has 0 unspecified atom stereocenters. The second kappa shape index (κ2) is 8.26. The Labute approximate surface area is 162 Å². The van der Waals surface area contributed by atoms with Crippen LogP contribution < -0.4 is 5.32 Å². The maximum absolute atomic E-state index is 12.8. The van der Waals surface area contributed by atoms with E-state index < -0.39 is 0 Å². The van der Waals surface area contributed by atoms with E-state index in [1.54, 1.807) is 0 Å². The van der Waals surface area contributed by atoms with E-state index in [0.29, 0.717) is 35.5 Å². The van der Waals surface area contributed by atoms with Gasteiger partial charge in [-0.2, -0.15) is 0 Å². The van der Waals surface area contributed by atoms with Crippen molar-refractivity contribution in [2.24, 2.45) is 5.92 Å². The molecule has 5 heteroatoms. The summed E-state index contributed by atoms with van der Waals surface area (Å²) in [5.41, 5.74) is 4.10. The maximum atomic E-state index is 12.8. The van der Waals surface area contributed by atoms with Crippen LogP contribution >= 0.6 is 0 Å². The summed E-state index contributed by atoms with van der Waals surface area (Å²) in [6.07, 6.45) is 1.07. The van der Waals surface area contributed by atoms with Crippen molar-refractivity contribution < 1.29 is 9.32 Å². The number of nitrogens with one attached hydrogen (secondary N) is 1. The zero-order valence-electron chi connectivity index (χ0n) is 17.1. The molecule has 27 heavy (non-hydrogen) atoms. The molecule has 146 valence electrons. The predicted molar refractivity (Wildman–Crippen MR) is 107 cm³/mol. The van der Waals surface area contributed by atoms with Crippen molar-refractivity contribution in [1.82, 2.24) is 15.4 Å². The summed E-state index contributed by atoms with van der Waals surface area (Å²) in [5.74, 6) is 1.16. The Morgan fingerprint density at radius 1 is 1.22 bits per heavy atom. The number of fused-ring (bicyclic) bond motifs is 1. The molecular weight excluding hydrogens is 338 g/mol. The van der Waals surface area contributed by atoms with Crippen LogP contribution in [0.2, 0.25) is 0 Å². The Hall–Kier alpha value is -2.14. The van der Waals surface area contributed by atoms with Crippen LogP contribution in [0.4, 0.5) is 0 Å². The Morgan fingerprint density at radius 3 is 2.59 bits per heavy atom. The molecule has 0 fully saturated rings. The second-order valence-electron chi connectivity index (χ2n) is 8.17. The Balaban J connectivity index is 1.69. The van der Waals surface area contributed by atoms with Gasteiger partial charge < -0.3 is 9.84 Å². The maximum Gasteiger partial charge on any atom is 0.256 e. The highest BCUT2D eigenvalue weighted by molar-refractivity contribution is 5.96. The van der Waals surface area contributed by atoms with Crippen LogP contribution in [0.3, 0.4) is 0 Å². The smallest absolute Gasteiger partial charge is 0.256 e. The third-order valence-electron chi connectivity index (χ3n) is 5.51. The minimum atomic E-state index is -0.0829. The number of amides is 1. The van der Waals surface area contributed by atoms with E-state index in [1.165, 1.54) is 11.1 Å². The zero-order chi connectivity index (χ0) is 19.6. The molecule has 1 aromatic carbocycles. The van der Waals surface area contributed by atoms with E-state index in [2.05, 4.69) is 53.5 Å². The number of nitrogens with zero attached hydrogens (tertiary/aromatic N) is 2. The van der Waals surface area contributed by atoms with Crippen molar-refractivity contribution in [3.05, 3.63) is 52.4 Å². The number of carbonyl (C=O) groups is 1. The lowest BCUT2D eigenvalue weighted by Gasteiger charge is -2.38. The number of aryl methyl sites for hydroxylation is 1. The van der Waals surface area contributed by atoms with E-state index in [4.69, 9.17) is 4.52 Å². The first-order chi connectivity index (χ1) is 12.9. The summed E-state index contributed by atoms with van der Waals surface area (Å²) in [6, 6.07) is 8.96. The highest BCUT2D eigenvalue weighted by Gasteiger charge is 2.28. The van der Waals surface area contributed by atoms with Gasteiger partial charge in [-0.3, -0.25) is 9.69 Å². The van der Waals surface area contributed by atoms with Gasteiger partial charge in [-0.1, -0.05) is 57.1 Å². The molecule has 0 radical (unpaired) electrons. The lowest BCUT2D eigenvalue weighted by Crippen LogP contribution is -2.48. The van der Waals surface area contributed by atoms with Gasteiger partial charge in [0.25, 0.3) is 5.91 Å². The largest absolute Gasteiger partial charge is 0.360 e. The fourth-order valence-electron chi connectivity index (χ4n) is 3.93. The summed E-state index contributed by atoms with van der Waals surface area (Å²) in [7, 11) is 0. The number of aromatic nitrogens is 1. The number of hydrogen-bond acceptors (Lipinski definition) is 4. The quantitative estimate of drug-likeness (QED) is 0.838. The molecule has 0 saturated carbocycles. The molecule has 0 spiro atoms. The monoisotopic (exact) mass is 369 g/mol. The molecule has 3 rings (SSSR count). The molecule has 0 bridgehead atoms. The summed E-state index contributed by atoms with van der Waals surface area (Å²) >= 11 is 0. The van der Waals surface area contributed by atoms with Gasteiger partial charge in [0.05, 0.1) is 5.69 Å². The second-order valence-corrected chi connectivity index (χ2v) is 8.17. The van der Waals surface area contributed by atoms with Crippen LogP contribution in [0, 0.1) is 12.8 Å². The van der Waals surface area contributed by atoms with Crippen LogP contribution in [0.1, 0.15) is 66.6 Å². The molecule has 1 aliphatic heterocycles. The molecule has 1 N–H and O–H groups in total. The fraction of sp³-hybridized carbons (Fsp3) is 0.545.